The van der Waals surface area contributed by atoms with Crippen molar-refractivity contribution in [1.29, 1.82) is 0 Å². The van der Waals surface area contributed by atoms with Gasteiger partial charge in [0.2, 0.25) is 0 Å². The molecule has 9 heteroatoms. The zero-order valence-electron chi connectivity index (χ0n) is 15.9. The predicted octanol–water partition coefficient (Wildman–Crippen LogP) is 3.02. The maximum Gasteiger partial charge on any atom is 0.175 e. The van der Waals surface area contributed by atoms with Gasteiger partial charge in [0.05, 0.1) is 11.5 Å². The molecule has 28 heavy (non-hydrogen) atoms. The van der Waals surface area contributed by atoms with Crippen LogP contribution in [0.25, 0.3) is 11.2 Å². The summed E-state index contributed by atoms with van der Waals surface area (Å²) >= 11 is 1.28. The van der Waals surface area contributed by atoms with Crippen molar-refractivity contribution < 1.29 is 9.13 Å². The van der Waals surface area contributed by atoms with Crippen LogP contribution in [0.1, 0.15) is 25.8 Å². The summed E-state index contributed by atoms with van der Waals surface area (Å²) in [5.74, 6) is 0.642. The Bertz CT molecular complexity index is 1010. The molecule has 148 valence electrons. The summed E-state index contributed by atoms with van der Waals surface area (Å²) in [6, 6.07) is 3.73. The molecular formula is C19H23FN6OS. The topological polar surface area (TPSA) is 90.9 Å². The van der Waals surface area contributed by atoms with Gasteiger partial charge in [-0.15, -0.1) is 0 Å². The summed E-state index contributed by atoms with van der Waals surface area (Å²) in [5, 5.41) is 4.06. The molecule has 1 aliphatic heterocycles. The van der Waals surface area contributed by atoms with Gasteiger partial charge in [0, 0.05) is 25.1 Å². The number of nitrogens with one attached hydrogen (secondary N) is 1. The van der Waals surface area contributed by atoms with E-state index in [1.807, 2.05) is 10.6 Å². The third-order valence-corrected chi connectivity index (χ3v) is 5.61. The molecule has 0 saturated heterocycles. The van der Waals surface area contributed by atoms with Crippen LogP contribution in [0, 0.1) is 5.82 Å². The predicted molar refractivity (Wildman–Crippen MR) is 107 cm³/mol. The molecular weight excluding hydrogens is 379 g/mol. The molecule has 0 unspecified atom stereocenters. The quantitative estimate of drug-likeness (QED) is 0.587. The average molecular weight is 402 g/mol. The third-order valence-electron chi connectivity index (χ3n) is 4.58. The first-order valence-corrected chi connectivity index (χ1v) is 10.2. The molecule has 7 nitrogen and oxygen atoms in total. The number of nitrogens with zero attached hydrogens (tertiary/aromatic N) is 4. The lowest BCUT2D eigenvalue weighted by Gasteiger charge is -2.11. The molecule has 0 amide bonds. The number of nitrogen functional groups attached to an aromatic ring is 1. The lowest BCUT2D eigenvalue weighted by atomic mass is 10.2. The van der Waals surface area contributed by atoms with E-state index in [-0.39, 0.29) is 5.82 Å². The van der Waals surface area contributed by atoms with Crippen molar-refractivity contribution in [1.82, 2.24) is 24.8 Å². The van der Waals surface area contributed by atoms with E-state index >= 15 is 0 Å². The average Bonchev–Trinajstić information content (AvgIpc) is 3.24. The number of ether oxygens (including phenoxy) is 1. The molecule has 1 aromatic carbocycles. The number of aryl methyl sites for hydroxylation is 1. The van der Waals surface area contributed by atoms with Gasteiger partial charge in [-0.2, -0.15) is 0 Å². The highest BCUT2D eigenvalue weighted by Crippen LogP contribution is 2.37. The fraction of sp³-hybridized carbons (Fsp3) is 0.421. The Morgan fingerprint density at radius 3 is 3.04 bits per heavy atom. The first-order valence-electron chi connectivity index (χ1n) is 9.36. The molecule has 0 atom stereocenters. The van der Waals surface area contributed by atoms with Gasteiger partial charge in [-0.05, 0) is 36.4 Å². The second-order valence-corrected chi connectivity index (χ2v) is 8.04. The summed E-state index contributed by atoms with van der Waals surface area (Å²) in [7, 11) is 0. The highest BCUT2D eigenvalue weighted by Gasteiger charge is 2.20. The highest BCUT2D eigenvalue weighted by molar-refractivity contribution is 7.99. The lowest BCUT2D eigenvalue weighted by molar-refractivity contribution is 0.355. The van der Waals surface area contributed by atoms with Gasteiger partial charge in [-0.25, -0.2) is 19.3 Å². The Hall–Kier alpha value is -2.39. The number of nitrogens with two attached hydrogens (primary N) is 1. The Kier molecular flexibility index (Phi) is 5.36. The summed E-state index contributed by atoms with van der Waals surface area (Å²) in [4.78, 5) is 13.5. The van der Waals surface area contributed by atoms with E-state index < -0.39 is 0 Å². The normalized spacial score (nSPS) is 13.3. The van der Waals surface area contributed by atoms with Crippen LogP contribution in [0.2, 0.25) is 0 Å². The van der Waals surface area contributed by atoms with E-state index in [0.29, 0.717) is 52.0 Å². The van der Waals surface area contributed by atoms with Gasteiger partial charge in [0.15, 0.2) is 22.1 Å². The van der Waals surface area contributed by atoms with E-state index in [2.05, 4.69) is 34.1 Å². The fourth-order valence-electron chi connectivity index (χ4n) is 3.20. The summed E-state index contributed by atoms with van der Waals surface area (Å²) in [5.41, 5.74) is 8.23. The standard InChI is InChI=1S/C19H23FN6OS/c1-11(2)22-5-3-6-26-18-16(17(21)23-10-24-18)25-19(26)28-15-8-12-4-7-27-14(12)9-13(15)20/h8-11,22H,3-7H2,1-2H3,(H2,21,23,24). The third kappa shape index (κ3) is 3.77. The maximum atomic E-state index is 14.6. The molecule has 3 N–H and O–H groups in total. The highest BCUT2D eigenvalue weighted by atomic mass is 32.2. The van der Waals surface area contributed by atoms with Crippen molar-refractivity contribution in [2.45, 2.75) is 49.3 Å². The van der Waals surface area contributed by atoms with E-state index in [9.17, 15) is 4.39 Å². The molecule has 3 heterocycles. The Labute approximate surface area is 166 Å². The van der Waals surface area contributed by atoms with E-state index in [1.54, 1.807) is 0 Å². The maximum absolute atomic E-state index is 14.6. The summed E-state index contributed by atoms with van der Waals surface area (Å²) in [6.07, 6.45) is 3.12. The molecule has 0 aliphatic carbocycles. The second-order valence-electron chi connectivity index (χ2n) is 7.03. The van der Waals surface area contributed by atoms with Crippen LogP contribution in [0.3, 0.4) is 0 Å². The van der Waals surface area contributed by atoms with Crippen LogP contribution >= 0.6 is 11.8 Å². The number of anilines is 1. The van der Waals surface area contributed by atoms with Gasteiger partial charge >= 0.3 is 0 Å². The number of fused-ring (bicyclic) bond motifs is 2. The van der Waals surface area contributed by atoms with Gasteiger partial charge < -0.3 is 20.4 Å². The first kappa shape index (κ1) is 18.9. The molecule has 0 spiro atoms. The Morgan fingerprint density at radius 2 is 2.21 bits per heavy atom. The minimum Gasteiger partial charge on any atom is -0.493 e. The molecule has 3 aromatic rings. The number of hydrogen-bond acceptors (Lipinski definition) is 7. The largest absolute Gasteiger partial charge is 0.493 e. The van der Waals surface area contributed by atoms with Crippen molar-refractivity contribution in [3.63, 3.8) is 0 Å². The zero-order chi connectivity index (χ0) is 19.7. The van der Waals surface area contributed by atoms with E-state index in [1.165, 1.54) is 24.2 Å². The van der Waals surface area contributed by atoms with Gasteiger partial charge in [-0.1, -0.05) is 13.8 Å². The van der Waals surface area contributed by atoms with Crippen molar-refractivity contribution in [3.8, 4) is 5.75 Å². The molecule has 0 radical (unpaired) electrons. The van der Waals surface area contributed by atoms with E-state index in [0.717, 1.165) is 24.9 Å². The zero-order valence-corrected chi connectivity index (χ0v) is 16.7. The van der Waals surface area contributed by atoms with Crippen LogP contribution in [-0.2, 0) is 13.0 Å². The minimum atomic E-state index is -0.315. The minimum absolute atomic E-state index is 0.315. The summed E-state index contributed by atoms with van der Waals surface area (Å²) < 4.78 is 22.0. The number of rotatable bonds is 7. The number of aromatic nitrogens is 4. The number of hydrogen-bond donors (Lipinski definition) is 2. The number of halogens is 1. The van der Waals surface area contributed by atoms with Crippen LogP contribution < -0.4 is 15.8 Å². The van der Waals surface area contributed by atoms with Gasteiger partial charge in [0.1, 0.15) is 17.9 Å². The van der Waals surface area contributed by atoms with Crippen LogP contribution in [0.4, 0.5) is 10.2 Å². The molecule has 2 aromatic heterocycles. The van der Waals surface area contributed by atoms with Gasteiger partial charge in [-0.3, -0.25) is 0 Å². The Balaban J connectivity index is 1.66. The molecule has 0 fully saturated rings. The van der Waals surface area contributed by atoms with Crippen molar-refractivity contribution in [2.75, 3.05) is 18.9 Å². The molecule has 0 saturated carbocycles. The molecule has 4 rings (SSSR count). The fourth-order valence-corrected chi connectivity index (χ4v) is 4.18. The smallest absolute Gasteiger partial charge is 0.175 e. The molecule has 0 bridgehead atoms. The SMILES string of the molecule is CC(C)NCCCn1c(Sc2cc3c(cc2F)OCC3)nc2c(N)ncnc21. The number of benzene rings is 1. The second kappa shape index (κ2) is 7.92. The Morgan fingerprint density at radius 1 is 1.36 bits per heavy atom. The van der Waals surface area contributed by atoms with Crippen LogP contribution in [0.5, 0.6) is 5.75 Å². The monoisotopic (exact) mass is 402 g/mol. The van der Waals surface area contributed by atoms with Crippen LogP contribution in [-0.4, -0.2) is 38.7 Å². The van der Waals surface area contributed by atoms with Crippen molar-refractivity contribution >= 4 is 28.7 Å². The first-order chi connectivity index (χ1) is 13.5. The lowest BCUT2D eigenvalue weighted by Crippen LogP contribution is -2.24. The van der Waals surface area contributed by atoms with Crippen LogP contribution in [0.15, 0.2) is 28.5 Å². The van der Waals surface area contributed by atoms with E-state index in [4.69, 9.17) is 10.5 Å². The summed E-state index contributed by atoms with van der Waals surface area (Å²) in [6.45, 7) is 6.39. The molecule has 1 aliphatic rings. The number of imidazole rings is 1. The van der Waals surface area contributed by atoms with Crippen molar-refractivity contribution in [2.24, 2.45) is 0 Å². The van der Waals surface area contributed by atoms with Crippen molar-refractivity contribution in [3.05, 3.63) is 29.8 Å². The van der Waals surface area contributed by atoms with Gasteiger partial charge in [0.25, 0.3) is 0 Å².